The number of hydrogen-bond acceptors (Lipinski definition) is 20. The molecule has 0 amide bonds. The Bertz CT molecular complexity index is 5990. The number of aliphatic imine (C=N–C) groups is 1. The highest BCUT2D eigenvalue weighted by Gasteiger charge is 2.40. The van der Waals surface area contributed by atoms with Gasteiger partial charge in [0.15, 0.2) is 11.6 Å². The number of carbonyl (C=O) groups excluding carboxylic acids is 3. The number of ketones is 3. The third kappa shape index (κ3) is 22.5. The van der Waals surface area contributed by atoms with E-state index in [2.05, 4.69) is 21.0 Å². The molecule has 28 heteroatoms. The Kier molecular flexibility index (Phi) is 30.6. The topological polar surface area (TPSA) is 378 Å². The first-order valence-electron chi connectivity index (χ1n) is 38.2. The lowest BCUT2D eigenvalue weighted by Crippen LogP contribution is -2.44. The number of hydrogen-bond donors (Lipinski definition) is 4. The maximum atomic E-state index is 14.3. The molecule has 12 aromatic rings. The van der Waals surface area contributed by atoms with Gasteiger partial charge >= 0.3 is 5.97 Å². The number of para-hydroxylation sites is 3. The number of nitrogens with two attached hydrogens (primary N) is 1. The summed E-state index contributed by atoms with van der Waals surface area (Å²) < 4.78 is 106. The summed E-state index contributed by atoms with van der Waals surface area (Å²) in [5, 5.41) is 19.0. The van der Waals surface area contributed by atoms with Crippen LogP contribution in [0, 0.1) is 0 Å². The average molecular weight is 1660 g/mol. The lowest BCUT2D eigenvalue weighted by atomic mass is 10.0. The van der Waals surface area contributed by atoms with E-state index < -0.39 is 60.1 Å². The summed E-state index contributed by atoms with van der Waals surface area (Å²) in [4.78, 5) is 75.2. The zero-order valence-electron chi connectivity index (χ0n) is 65.4. The molecule has 0 aliphatic carbocycles. The summed E-state index contributed by atoms with van der Waals surface area (Å²) in [5.74, 6) is -2.23. The fraction of sp³-hybridized carbons (Fsp3) is 0.220. The molecule has 4 aliphatic rings. The lowest BCUT2D eigenvalue weighted by Gasteiger charge is -2.33. The molecule has 25 nitrogen and oxygen atoms in total. The van der Waals surface area contributed by atoms with Gasteiger partial charge in [-0.1, -0.05) is 224 Å². The monoisotopic (exact) mass is 1660 g/mol. The molecule has 0 radical (unpaired) electrons. The average Bonchev–Trinajstić information content (AvgIpc) is 1.31. The smallest absolute Gasteiger partial charge is 0.305 e. The predicted octanol–water partition coefficient (Wildman–Crippen LogP) is 14.4. The molecule has 614 valence electrons. The minimum atomic E-state index is -4.07. The second kappa shape index (κ2) is 41.5. The van der Waals surface area contributed by atoms with Crippen LogP contribution in [0.5, 0.6) is 0 Å². The van der Waals surface area contributed by atoms with Gasteiger partial charge in [-0.15, -0.1) is 0 Å². The van der Waals surface area contributed by atoms with Gasteiger partial charge in [0.05, 0.1) is 93.0 Å². The van der Waals surface area contributed by atoms with Crippen LogP contribution >= 0.6 is 0 Å². The van der Waals surface area contributed by atoms with Gasteiger partial charge in [0.2, 0.25) is 30.1 Å². The Hall–Kier alpha value is -11.9. The van der Waals surface area contributed by atoms with Crippen LogP contribution in [-0.4, -0.2) is 143 Å². The molecule has 0 saturated carbocycles. The molecule has 0 bridgehead atoms. The van der Waals surface area contributed by atoms with Crippen molar-refractivity contribution < 1.29 is 73.6 Å². The SMILES string of the molecule is CC(=O)O.N.NCC(=O)c1ccccc1.O=C(CCC(=O)c1ccccc1)C[C@@H]1COCc2ccccc2CN1S(=O)(=O)c1cccc2cccnc12.O=C(O)C[C@@H]1COCc2ccccc2CN1S(=O)(=O)c1cccc2cccnc12.O=S(=O)(c1cccc2cccnc12)N1Cc2ccccc2COC[C@H]1CC1=NC(c2ccccc2)=CC1. The summed E-state index contributed by atoms with van der Waals surface area (Å²) in [7, 11) is -12.0. The third-order valence-electron chi connectivity index (χ3n) is 20.0. The number of aliphatic carboxylic acids is 2. The summed E-state index contributed by atoms with van der Waals surface area (Å²) >= 11 is 0. The van der Waals surface area contributed by atoms with Crippen LogP contribution in [0.2, 0.25) is 0 Å². The molecule has 16 rings (SSSR count). The fourth-order valence-corrected chi connectivity index (χ4v) is 19.4. The molecule has 0 unspecified atom stereocenters. The van der Waals surface area contributed by atoms with Gasteiger partial charge < -0.3 is 36.3 Å². The molecule has 4 aliphatic heterocycles. The number of Topliss-reactive ketones (excluding diaryl/α,β-unsaturated/α-hetero) is 3. The Morgan fingerprint density at radius 2 is 0.765 bits per heavy atom. The number of carboxylic acids is 2. The van der Waals surface area contributed by atoms with Crippen LogP contribution in [0.25, 0.3) is 38.4 Å². The number of benzene rings is 9. The van der Waals surface area contributed by atoms with Gasteiger partial charge in [-0.2, -0.15) is 12.9 Å². The van der Waals surface area contributed by atoms with Crippen LogP contribution in [0.1, 0.15) is 105 Å². The van der Waals surface area contributed by atoms with E-state index in [0.717, 1.165) is 62.7 Å². The molecule has 119 heavy (non-hydrogen) atoms. The Morgan fingerprint density at radius 1 is 0.420 bits per heavy atom. The molecular formula is C91H91N9O16S3. The zero-order chi connectivity index (χ0) is 83.2. The molecule has 7 N–H and O–H groups in total. The van der Waals surface area contributed by atoms with E-state index in [1.54, 1.807) is 114 Å². The molecule has 0 spiro atoms. The van der Waals surface area contributed by atoms with Crippen molar-refractivity contribution >= 4 is 103 Å². The second-order valence-electron chi connectivity index (χ2n) is 28.1. The van der Waals surface area contributed by atoms with E-state index in [0.29, 0.717) is 71.1 Å². The number of aromatic nitrogens is 3. The van der Waals surface area contributed by atoms with Crippen LogP contribution in [-0.2, 0) is 98.1 Å². The van der Waals surface area contributed by atoms with Crippen molar-refractivity contribution in [3.8, 4) is 0 Å². The largest absolute Gasteiger partial charge is 0.481 e. The minimum Gasteiger partial charge on any atom is -0.481 e. The third-order valence-corrected chi connectivity index (χ3v) is 25.8. The molecular weight excluding hydrogens is 1570 g/mol. The van der Waals surface area contributed by atoms with E-state index >= 15 is 0 Å². The number of fused-ring (bicyclic) bond motifs is 6. The van der Waals surface area contributed by atoms with Crippen molar-refractivity contribution in [2.45, 2.75) is 118 Å². The molecule has 9 aromatic carbocycles. The van der Waals surface area contributed by atoms with E-state index in [-0.39, 0.29) is 110 Å². The van der Waals surface area contributed by atoms with Crippen molar-refractivity contribution in [2.24, 2.45) is 10.7 Å². The van der Waals surface area contributed by atoms with E-state index in [4.69, 9.17) is 34.8 Å². The Balaban J connectivity index is 0.000000162. The summed E-state index contributed by atoms with van der Waals surface area (Å²) in [5.41, 5.74) is 15.9. The van der Waals surface area contributed by atoms with Gasteiger partial charge in [-0.3, -0.25) is 43.9 Å². The van der Waals surface area contributed by atoms with Crippen molar-refractivity contribution in [3.05, 3.63) is 330 Å². The summed E-state index contributed by atoms with van der Waals surface area (Å²) in [6.07, 6.45) is 7.74. The zero-order valence-corrected chi connectivity index (χ0v) is 67.8. The van der Waals surface area contributed by atoms with E-state index in [1.165, 1.54) is 14.7 Å². The molecule has 7 heterocycles. The second-order valence-corrected chi connectivity index (χ2v) is 33.7. The number of nitrogens with zero attached hydrogens (tertiary/aromatic N) is 7. The number of sulfonamides is 3. The number of pyridine rings is 3. The maximum Gasteiger partial charge on any atom is 0.305 e. The van der Waals surface area contributed by atoms with Crippen LogP contribution in [0.15, 0.2) is 299 Å². The van der Waals surface area contributed by atoms with Crippen molar-refractivity contribution in [2.75, 3.05) is 26.4 Å². The highest BCUT2D eigenvalue weighted by molar-refractivity contribution is 7.90. The molecule has 0 saturated heterocycles. The van der Waals surface area contributed by atoms with Gasteiger partial charge in [0.25, 0.3) is 5.97 Å². The van der Waals surface area contributed by atoms with Crippen molar-refractivity contribution in [1.29, 1.82) is 0 Å². The predicted molar refractivity (Wildman–Crippen MR) is 454 cm³/mol. The van der Waals surface area contributed by atoms with Gasteiger partial charge in [-0.25, -0.2) is 25.3 Å². The van der Waals surface area contributed by atoms with Crippen LogP contribution in [0.4, 0.5) is 0 Å². The number of allylic oxidation sites excluding steroid dienone is 1. The highest BCUT2D eigenvalue weighted by Crippen LogP contribution is 2.36. The standard InChI is InChI=1S/C30H27N3O3S.C30H28N2O5S.C21H20N2O5S.C8H9NO.C2H4O2.H3N/c34-37(35,29-14-6-12-23-13-7-17-31-30(23)29)33-19-24-10-4-5-11-25(24)20-36-21-27(33)18-26-15-16-28(32-26)22-8-2-1-3-9-22;33-27(15-16-28(34)22-8-2-1-3-9-22)18-26-21-37-20-25-11-5-4-10-24(25)19-32(26)38(35,36)29-14-6-12-23-13-7-17-31-30(23)29;24-20(25)11-18-14-28-13-17-6-2-1-5-16(17)12-23(18)29(26,27)19-9-3-7-15-8-4-10-22-21(15)19;9-6-8(10)7-4-2-1-3-5-7;1-2(3)4;/h1-14,16-17,27H,15,18-21H2;1-14,17,26H,15-16,18-21H2;1-10,18H,11-14H2,(H,24,25);1-5H,6,9H2;1H3,(H,3,4);1H3/t27-;26-;18-;;;/m111.../s1. The van der Waals surface area contributed by atoms with E-state index in [1.807, 2.05) is 158 Å². The van der Waals surface area contributed by atoms with Crippen LogP contribution < -0.4 is 11.9 Å². The van der Waals surface area contributed by atoms with Crippen LogP contribution in [0.3, 0.4) is 0 Å². The molecule has 3 aromatic heterocycles. The lowest BCUT2D eigenvalue weighted by molar-refractivity contribution is -0.139. The summed E-state index contributed by atoms with van der Waals surface area (Å²) in [6, 6.07) is 75.0. The van der Waals surface area contributed by atoms with Gasteiger partial charge in [0, 0.05) is 110 Å². The van der Waals surface area contributed by atoms with Crippen molar-refractivity contribution in [3.63, 3.8) is 0 Å². The Labute approximate surface area is 691 Å². The quantitative estimate of drug-likeness (QED) is 0.0546. The minimum absolute atomic E-state index is 0. The van der Waals surface area contributed by atoms with Gasteiger partial charge in [-0.05, 0) is 75.3 Å². The number of ether oxygens (including phenoxy) is 3. The number of rotatable bonds is 19. The summed E-state index contributed by atoms with van der Waals surface area (Å²) in [6.45, 7) is 3.05. The van der Waals surface area contributed by atoms with Gasteiger partial charge in [0.1, 0.15) is 20.5 Å². The first-order chi connectivity index (χ1) is 57.1. The molecule has 3 atom stereocenters. The first-order valence-corrected chi connectivity index (χ1v) is 42.5. The highest BCUT2D eigenvalue weighted by atomic mass is 32.2. The van der Waals surface area contributed by atoms with E-state index in [9.17, 15) is 49.5 Å². The maximum absolute atomic E-state index is 14.3. The molecule has 0 fully saturated rings. The number of carbonyl (C=O) groups is 5. The fourth-order valence-electron chi connectivity index (χ4n) is 14.2. The normalized spacial score (nSPS) is 16.4. The first kappa shape index (κ1) is 87.9. The Morgan fingerprint density at radius 3 is 1.16 bits per heavy atom. The number of carboxylic acid groups (broad SMARTS) is 2. The van der Waals surface area contributed by atoms with Crippen molar-refractivity contribution in [1.82, 2.24) is 34.0 Å².